The van der Waals surface area contributed by atoms with Gasteiger partial charge in [0.05, 0.1) is 0 Å². The molecule has 0 aliphatic carbocycles. The van der Waals surface area contributed by atoms with Crippen molar-refractivity contribution in [1.29, 1.82) is 0 Å². The summed E-state index contributed by atoms with van der Waals surface area (Å²) >= 11 is 0. The number of aliphatic hydroxyl groups excluding tert-OH is 1. The molecule has 0 aliphatic heterocycles. The number of halogens is 1. The molecule has 0 heterocycles. The van der Waals surface area contributed by atoms with Gasteiger partial charge in [-0.1, -0.05) is 13.3 Å². The molecule has 0 saturated heterocycles. The van der Waals surface area contributed by atoms with Gasteiger partial charge in [-0.25, -0.2) is 0 Å². The van der Waals surface area contributed by atoms with Crippen LogP contribution in [0.15, 0.2) is 0 Å². The van der Waals surface area contributed by atoms with Crippen molar-refractivity contribution in [3.8, 4) is 0 Å². The Bertz CT molecular complexity index is 19.2. The summed E-state index contributed by atoms with van der Waals surface area (Å²) in [5, 5.41) is 8.07. The maximum Gasteiger partial charge on any atom is 1.00 e. The molecule has 0 fully saturated rings. The average Bonchev–Trinajstić information content (AvgIpc) is 1.41. The summed E-state index contributed by atoms with van der Waals surface area (Å²) in [4.78, 5) is 0. The lowest BCUT2D eigenvalue weighted by Gasteiger charge is -1.79. The highest BCUT2D eigenvalue weighted by Gasteiger charge is 1.69. The van der Waals surface area contributed by atoms with Crippen LogP contribution in [0.25, 0.3) is 0 Å². The molecule has 0 radical (unpaired) electrons. The predicted molar refractivity (Wildman–Crippen MR) is 23.1 cm³/mol. The van der Waals surface area contributed by atoms with E-state index in [9.17, 15) is 0 Å². The van der Waals surface area contributed by atoms with Crippen molar-refractivity contribution in [2.24, 2.45) is 0 Å². The second-order valence-corrected chi connectivity index (χ2v) is 1.08. The first kappa shape index (κ1) is 9.54. The van der Waals surface area contributed by atoms with E-state index in [0.29, 0.717) is 6.61 Å². The van der Waals surface area contributed by atoms with Crippen molar-refractivity contribution < 1.29 is 18.9 Å². The third-order valence-electron chi connectivity index (χ3n) is 0.512. The number of aliphatic hydroxyl groups is 1. The standard InChI is InChI=1S/C4H10O.ClH/c1-2-3-4-5;/h5H,2-4H2,1H3;1H. The molecule has 0 saturated carbocycles. The topological polar surface area (TPSA) is 20.2 Å². The monoisotopic (exact) mass is 110 g/mol. The molecule has 1 nitrogen and oxygen atoms in total. The first-order chi connectivity index (χ1) is 2.41. The highest BCUT2D eigenvalue weighted by molar-refractivity contribution is 4.23. The first-order valence-corrected chi connectivity index (χ1v) is 2.02. The maximum absolute atomic E-state index is 8.07. The summed E-state index contributed by atoms with van der Waals surface area (Å²) < 4.78 is 0. The number of unbranched alkanes of at least 4 members (excludes halogenated alkanes) is 1. The Morgan fingerprint density at radius 2 is 2.17 bits per heavy atom. The molecule has 0 aromatic rings. The van der Waals surface area contributed by atoms with Crippen molar-refractivity contribution in [2.75, 3.05) is 6.61 Å². The smallest absolute Gasteiger partial charge is 1.00 e. The molecule has 2 heteroatoms. The fraction of sp³-hybridized carbons (Fsp3) is 1.00. The summed E-state index contributed by atoms with van der Waals surface area (Å²) in [5.74, 6) is 0. The molecule has 1 N–H and O–H groups in total. The van der Waals surface area contributed by atoms with Crippen LogP contribution in [0.1, 0.15) is 21.2 Å². The van der Waals surface area contributed by atoms with Crippen LogP contribution in [0, 0.1) is 0 Å². The molecular formula is C4H11ClO. The Hall–Kier alpha value is 0.250. The Kier molecular flexibility index (Phi) is 14.3. The second kappa shape index (κ2) is 8.98. The van der Waals surface area contributed by atoms with E-state index in [1.807, 2.05) is 0 Å². The quantitative estimate of drug-likeness (QED) is 0.432. The average molecular weight is 111 g/mol. The number of rotatable bonds is 2. The molecule has 0 rings (SSSR count). The largest absolute Gasteiger partial charge is 1.00 e. The van der Waals surface area contributed by atoms with Gasteiger partial charge in [0.15, 0.2) is 0 Å². The summed E-state index contributed by atoms with van der Waals surface area (Å²) in [5.41, 5.74) is 0. The van der Waals surface area contributed by atoms with Gasteiger partial charge in [0.25, 0.3) is 0 Å². The lowest BCUT2D eigenvalue weighted by atomic mass is 10.4. The summed E-state index contributed by atoms with van der Waals surface area (Å²) in [6.07, 6.45) is 2.04. The molecule has 40 valence electrons. The zero-order valence-corrected chi connectivity index (χ0v) is 4.70. The van der Waals surface area contributed by atoms with Gasteiger partial charge >= 0.3 is 1.43 Å². The first-order valence-electron chi connectivity index (χ1n) is 2.02. The third-order valence-corrected chi connectivity index (χ3v) is 0.512. The van der Waals surface area contributed by atoms with Crippen molar-refractivity contribution in [3.05, 3.63) is 0 Å². The van der Waals surface area contributed by atoms with E-state index in [-0.39, 0.29) is 13.8 Å². The zero-order chi connectivity index (χ0) is 4.12. The molecule has 0 unspecified atom stereocenters. The van der Waals surface area contributed by atoms with Crippen LogP contribution in [0.3, 0.4) is 0 Å². The molecule has 0 aromatic heterocycles. The van der Waals surface area contributed by atoms with Crippen LogP contribution >= 0.6 is 0 Å². The minimum absolute atomic E-state index is 0. The highest BCUT2D eigenvalue weighted by atomic mass is 35.5. The maximum atomic E-state index is 8.07. The Morgan fingerprint density at radius 3 is 2.17 bits per heavy atom. The van der Waals surface area contributed by atoms with Crippen molar-refractivity contribution in [3.63, 3.8) is 0 Å². The normalized spacial score (nSPS) is 7.00. The van der Waals surface area contributed by atoms with Crippen LogP contribution in [0.4, 0.5) is 0 Å². The number of hydrogen-bond acceptors (Lipinski definition) is 1. The number of hydrogen-bond donors (Lipinski definition) is 1. The van der Waals surface area contributed by atoms with Gasteiger partial charge in [-0.2, -0.15) is 0 Å². The predicted octanol–water partition coefficient (Wildman–Crippen LogP) is -2.10. The zero-order valence-electron chi connectivity index (χ0n) is 4.95. The van der Waals surface area contributed by atoms with E-state index in [1.165, 1.54) is 0 Å². The van der Waals surface area contributed by atoms with Crippen molar-refractivity contribution in [2.45, 2.75) is 19.8 Å². The minimum atomic E-state index is 0. The summed E-state index contributed by atoms with van der Waals surface area (Å²) in [7, 11) is 0. The van der Waals surface area contributed by atoms with Gasteiger partial charge in [0.2, 0.25) is 0 Å². The van der Waals surface area contributed by atoms with Gasteiger partial charge in [0, 0.05) is 6.61 Å². The summed E-state index contributed by atoms with van der Waals surface area (Å²) in [6, 6.07) is 0. The van der Waals surface area contributed by atoms with Crippen molar-refractivity contribution in [1.82, 2.24) is 0 Å². The molecular weight excluding hydrogens is 99.5 g/mol. The van der Waals surface area contributed by atoms with Crippen molar-refractivity contribution >= 4 is 0 Å². The highest BCUT2D eigenvalue weighted by Crippen LogP contribution is 1.78. The Balaban J connectivity index is -0.0000000800. The van der Waals surface area contributed by atoms with E-state index in [1.54, 1.807) is 0 Å². The van der Waals surface area contributed by atoms with Crippen LogP contribution in [-0.4, -0.2) is 11.7 Å². The fourth-order valence-electron chi connectivity index (χ4n) is 0.158. The molecule has 0 amide bonds. The van der Waals surface area contributed by atoms with E-state index in [0.717, 1.165) is 12.8 Å². The second-order valence-electron chi connectivity index (χ2n) is 1.08. The van der Waals surface area contributed by atoms with Gasteiger partial charge < -0.3 is 17.5 Å². The molecule has 0 spiro atoms. The Labute approximate surface area is 46.3 Å². The molecule has 0 aliphatic rings. The summed E-state index contributed by atoms with van der Waals surface area (Å²) in [6.45, 7) is 2.40. The molecule has 0 aromatic carbocycles. The van der Waals surface area contributed by atoms with Crippen LogP contribution in [-0.2, 0) is 0 Å². The van der Waals surface area contributed by atoms with Gasteiger partial charge in [-0.3, -0.25) is 0 Å². The Morgan fingerprint density at radius 1 is 1.67 bits per heavy atom. The van der Waals surface area contributed by atoms with E-state index in [4.69, 9.17) is 5.11 Å². The SMILES string of the molecule is CCCCO.[Cl-].[H+]. The van der Waals surface area contributed by atoms with Crippen LogP contribution in [0.2, 0.25) is 0 Å². The van der Waals surface area contributed by atoms with Gasteiger partial charge in [-0.05, 0) is 6.42 Å². The van der Waals surface area contributed by atoms with E-state index >= 15 is 0 Å². The molecule has 0 atom stereocenters. The fourth-order valence-corrected chi connectivity index (χ4v) is 0.158. The lowest BCUT2D eigenvalue weighted by Crippen LogP contribution is -3.00. The van der Waals surface area contributed by atoms with E-state index in [2.05, 4.69) is 6.92 Å². The molecule has 6 heavy (non-hydrogen) atoms. The van der Waals surface area contributed by atoms with Crippen LogP contribution in [0.5, 0.6) is 0 Å². The third kappa shape index (κ3) is 8.87. The minimum Gasteiger partial charge on any atom is -1.00 e. The van der Waals surface area contributed by atoms with Gasteiger partial charge in [-0.15, -0.1) is 0 Å². The van der Waals surface area contributed by atoms with Crippen LogP contribution < -0.4 is 12.4 Å². The molecule has 0 bridgehead atoms. The van der Waals surface area contributed by atoms with E-state index < -0.39 is 0 Å². The lowest BCUT2D eigenvalue weighted by molar-refractivity contribution is -0.00000234. The van der Waals surface area contributed by atoms with Gasteiger partial charge in [0.1, 0.15) is 0 Å².